The second-order valence-corrected chi connectivity index (χ2v) is 10.0. The molecule has 0 aliphatic carbocycles. The first-order chi connectivity index (χ1) is 17.4. The van der Waals surface area contributed by atoms with Gasteiger partial charge >= 0.3 is 0 Å². The maximum Gasteiger partial charge on any atom is 0.258 e. The second-order valence-electron chi connectivity index (χ2n) is 8.34. The minimum absolute atomic E-state index is 0.121. The van der Waals surface area contributed by atoms with Crippen molar-refractivity contribution in [3.63, 3.8) is 0 Å². The predicted octanol–water partition coefficient (Wildman–Crippen LogP) is 5.01. The van der Waals surface area contributed by atoms with Crippen LogP contribution in [0.4, 0.5) is 0 Å². The molecule has 0 fully saturated rings. The van der Waals surface area contributed by atoms with E-state index in [1.54, 1.807) is 19.1 Å². The van der Waals surface area contributed by atoms with Crippen LogP contribution in [0.5, 0.6) is 5.75 Å². The number of benzene rings is 4. The van der Waals surface area contributed by atoms with Gasteiger partial charge in [-0.15, -0.1) is 0 Å². The molecule has 0 spiro atoms. The van der Waals surface area contributed by atoms with Gasteiger partial charge in [0.2, 0.25) is 10.0 Å². The summed E-state index contributed by atoms with van der Waals surface area (Å²) < 4.78 is 33.8. The Labute approximate surface area is 212 Å². The number of hydrogen-bond acceptors (Lipinski definition) is 4. The summed E-state index contributed by atoms with van der Waals surface area (Å²) in [4.78, 5) is 12.8. The van der Waals surface area contributed by atoms with Gasteiger partial charge in [0.15, 0.2) is 6.61 Å². The van der Waals surface area contributed by atoms with Crippen LogP contribution in [0.3, 0.4) is 0 Å². The largest absolute Gasteiger partial charge is 0.484 e. The van der Waals surface area contributed by atoms with Crippen LogP contribution in [-0.2, 0) is 14.8 Å². The zero-order valence-corrected chi connectivity index (χ0v) is 20.7. The molecule has 7 heteroatoms. The lowest BCUT2D eigenvalue weighted by Gasteiger charge is -2.20. The van der Waals surface area contributed by atoms with E-state index in [1.807, 2.05) is 91.0 Å². The highest BCUT2D eigenvalue weighted by molar-refractivity contribution is 7.89. The molecule has 0 aliphatic heterocycles. The zero-order chi connectivity index (χ0) is 25.4. The van der Waals surface area contributed by atoms with Crippen LogP contribution in [0, 0.1) is 0 Å². The molecule has 4 rings (SSSR count). The van der Waals surface area contributed by atoms with Crippen molar-refractivity contribution < 1.29 is 17.9 Å². The molecule has 0 unspecified atom stereocenters. The molecule has 4 aromatic rings. The highest BCUT2D eigenvalue weighted by Crippen LogP contribution is 2.22. The zero-order valence-electron chi connectivity index (χ0n) is 19.9. The van der Waals surface area contributed by atoms with Crippen molar-refractivity contribution in [3.05, 3.63) is 132 Å². The van der Waals surface area contributed by atoms with E-state index >= 15 is 0 Å². The van der Waals surface area contributed by atoms with Crippen molar-refractivity contribution in [2.75, 3.05) is 6.61 Å². The molecule has 184 valence electrons. The van der Waals surface area contributed by atoms with E-state index in [2.05, 4.69) is 10.0 Å². The Morgan fingerprint density at radius 2 is 1.19 bits per heavy atom. The number of ether oxygens (including phenoxy) is 1. The molecule has 0 aromatic heterocycles. The maximum atomic E-state index is 12.8. The quantitative estimate of drug-likeness (QED) is 0.321. The fourth-order valence-corrected chi connectivity index (χ4v) is 5.06. The molecule has 0 saturated carbocycles. The summed E-state index contributed by atoms with van der Waals surface area (Å²) in [6.07, 6.45) is 0. The lowest BCUT2D eigenvalue weighted by molar-refractivity contribution is -0.123. The van der Waals surface area contributed by atoms with Gasteiger partial charge in [0, 0.05) is 6.04 Å². The number of amides is 1. The monoisotopic (exact) mass is 500 g/mol. The Hall–Kier alpha value is -3.94. The number of rotatable bonds is 10. The van der Waals surface area contributed by atoms with E-state index in [-0.39, 0.29) is 29.5 Å². The first kappa shape index (κ1) is 25.2. The van der Waals surface area contributed by atoms with Crippen LogP contribution in [0.15, 0.2) is 120 Å². The van der Waals surface area contributed by atoms with Gasteiger partial charge in [-0.3, -0.25) is 4.79 Å². The van der Waals surface area contributed by atoms with Gasteiger partial charge in [-0.05, 0) is 47.9 Å². The minimum Gasteiger partial charge on any atom is -0.484 e. The van der Waals surface area contributed by atoms with Crippen LogP contribution in [0.25, 0.3) is 0 Å². The molecule has 6 nitrogen and oxygen atoms in total. The van der Waals surface area contributed by atoms with E-state index in [0.717, 1.165) is 16.7 Å². The summed E-state index contributed by atoms with van der Waals surface area (Å²) in [6.45, 7) is 1.59. The number of carbonyl (C=O) groups is 1. The average Bonchev–Trinajstić information content (AvgIpc) is 2.92. The summed E-state index contributed by atoms with van der Waals surface area (Å²) in [5.41, 5.74) is 2.80. The van der Waals surface area contributed by atoms with Gasteiger partial charge in [-0.1, -0.05) is 91.0 Å². The molecule has 0 aliphatic rings. The van der Waals surface area contributed by atoms with E-state index in [9.17, 15) is 13.2 Å². The molecule has 1 atom stereocenters. The van der Waals surface area contributed by atoms with Crippen LogP contribution in [-0.4, -0.2) is 20.9 Å². The van der Waals surface area contributed by atoms with E-state index in [0.29, 0.717) is 5.75 Å². The summed E-state index contributed by atoms with van der Waals surface area (Å²) in [7, 11) is -3.72. The van der Waals surface area contributed by atoms with Crippen LogP contribution >= 0.6 is 0 Å². The summed E-state index contributed by atoms with van der Waals surface area (Å²) in [6, 6.07) is 34.1. The second kappa shape index (κ2) is 11.7. The Balaban J connectivity index is 1.37. The van der Waals surface area contributed by atoms with Crippen molar-refractivity contribution in [3.8, 4) is 5.75 Å². The van der Waals surface area contributed by atoms with Gasteiger partial charge < -0.3 is 10.1 Å². The van der Waals surface area contributed by atoms with Crippen molar-refractivity contribution in [2.24, 2.45) is 0 Å². The minimum atomic E-state index is -3.72. The van der Waals surface area contributed by atoms with Crippen LogP contribution < -0.4 is 14.8 Å². The van der Waals surface area contributed by atoms with E-state index in [1.165, 1.54) is 12.1 Å². The third-order valence-corrected chi connectivity index (χ3v) is 7.26. The van der Waals surface area contributed by atoms with Crippen molar-refractivity contribution in [2.45, 2.75) is 23.9 Å². The van der Waals surface area contributed by atoms with Gasteiger partial charge in [0.25, 0.3) is 5.91 Å². The molecule has 36 heavy (non-hydrogen) atoms. The molecule has 0 heterocycles. The maximum absolute atomic E-state index is 12.8. The molecular formula is C29H28N2O4S. The third kappa shape index (κ3) is 6.59. The van der Waals surface area contributed by atoms with Crippen molar-refractivity contribution >= 4 is 15.9 Å². The number of sulfonamides is 1. The lowest BCUT2D eigenvalue weighted by atomic mass is 9.99. The molecule has 0 radical (unpaired) electrons. The van der Waals surface area contributed by atoms with E-state index < -0.39 is 10.0 Å². The fraction of sp³-hybridized carbons (Fsp3) is 0.138. The Bertz CT molecular complexity index is 1320. The topological polar surface area (TPSA) is 84.5 Å². The van der Waals surface area contributed by atoms with Gasteiger partial charge in [0.05, 0.1) is 10.9 Å². The lowest BCUT2D eigenvalue weighted by Crippen LogP contribution is -2.33. The van der Waals surface area contributed by atoms with Gasteiger partial charge in [-0.25, -0.2) is 13.1 Å². The van der Waals surface area contributed by atoms with Crippen molar-refractivity contribution in [1.29, 1.82) is 0 Å². The molecule has 1 amide bonds. The Kier molecular flexibility index (Phi) is 8.15. The standard InChI is InChI=1S/C29H28N2O4S/c1-22(23-11-5-2-6-12-23)31-36(33,34)27-19-17-26(18-20-27)35-21-28(32)30-29(24-13-7-3-8-14-24)25-15-9-4-10-16-25/h2-20,22,29,31H,21H2,1H3,(H,30,32)/t22-/m0/s1. The first-order valence-corrected chi connectivity index (χ1v) is 13.1. The molecule has 0 bridgehead atoms. The smallest absolute Gasteiger partial charge is 0.258 e. The SMILES string of the molecule is C[C@H](NS(=O)(=O)c1ccc(OCC(=O)NC(c2ccccc2)c2ccccc2)cc1)c1ccccc1. The van der Waals surface area contributed by atoms with Crippen LogP contribution in [0.1, 0.15) is 35.7 Å². The molecular weight excluding hydrogens is 472 g/mol. The van der Waals surface area contributed by atoms with E-state index in [4.69, 9.17) is 4.74 Å². The average molecular weight is 501 g/mol. The van der Waals surface area contributed by atoms with Crippen LogP contribution in [0.2, 0.25) is 0 Å². The van der Waals surface area contributed by atoms with Gasteiger partial charge in [-0.2, -0.15) is 0 Å². The third-order valence-electron chi connectivity index (χ3n) is 5.71. The number of carbonyl (C=O) groups excluding carboxylic acids is 1. The highest BCUT2D eigenvalue weighted by atomic mass is 32.2. The molecule has 2 N–H and O–H groups in total. The molecule has 0 saturated heterocycles. The van der Waals surface area contributed by atoms with Gasteiger partial charge in [0.1, 0.15) is 5.75 Å². The number of nitrogens with one attached hydrogen (secondary N) is 2. The Morgan fingerprint density at radius 3 is 1.69 bits per heavy atom. The predicted molar refractivity (Wildman–Crippen MR) is 140 cm³/mol. The summed E-state index contributed by atoms with van der Waals surface area (Å²) in [5, 5.41) is 3.02. The molecule has 4 aromatic carbocycles. The Morgan fingerprint density at radius 1 is 0.722 bits per heavy atom. The first-order valence-electron chi connectivity index (χ1n) is 11.6. The summed E-state index contributed by atoms with van der Waals surface area (Å²) >= 11 is 0. The summed E-state index contributed by atoms with van der Waals surface area (Å²) in [5.74, 6) is 0.110. The normalized spacial score (nSPS) is 12.2. The highest BCUT2D eigenvalue weighted by Gasteiger charge is 2.19. The fourth-order valence-electron chi connectivity index (χ4n) is 3.83. The van der Waals surface area contributed by atoms with Crippen molar-refractivity contribution in [1.82, 2.24) is 10.0 Å². The number of hydrogen-bond donors (Lipinski definition) is 2.